The number of hydrogen-bond acceptors (Lipinski definition) is 5. The molecule has 0 aliphatic carbocycles. The zero-order valence-corrected chi connectivity index (χ0v) is 15.1. The number of benzene rings is 1. The fraction of sp³-hybridized carbons (Fsp3) is 0.294. The number of rotatable bonds is 6. The van der Waals surface area contributed by atoms with Crippen LogP contribution in [0.25, 0.3) is 0 Å². The van der Waals surface area contributed by atoms with Gasteiger partial charge in [0, 0.05) is 38.0 Å². The van der Waals surface area contributed by atoms with Crippen LogP contribution in [0.15, 0.2) is 35.5 Å². The first-order chi connectivity index (χ1) is 13.0. The van der Waals surface area contributed by atoms with Gasteiger partial charge in [0.05, 0.1) is 0 Å². The van der Waals surface area contributed by atoms with Crippen molar-refractivity contribution in [2.45, 2.75) is 19.7 Å². The average molecular weight is 399 g/mol. The molecule has 0 spiro atoms. The molecule has 144 valence electrons. The molecule has 0 amide bonds. The Kier molecular flexibility index (Phi) is 6.12. The SMILES string of the molecule is CN=C(NCc1ccc(Cl)nc1)NCc1cc2c(cc1OC(F)F)OCO2. The van der Waals surface area contributed by atoms with E-state index in [1.54, 1.807) is 25.4 Å². The number of halogens is 3. The van der Waals surface area contributed by atoms with Gasteiger partial charge in [-0.3, -0.25) is 4.99 Å². The molecule has 0 radical (unpaired) electrons. The first-order valence-electron chi connectivity index (χ1n) is 7.97. The predicted molar refractivity (Wildman–Crippen MR) is 95.5 cm³/mol. The Labute approximate surface area is 159 Å². The van der Waals surface area contributed by atoms with Crippen LogP contribution in [-0.4, -0.2) is 31.4 Å². The summed E-state index contributed by atoms with van der Waals surface area (Å²) in [6.45, 7) is -2.25. The van der Waals surface area contributed by atoms with E-state index in [1.807, 2.05) is 6.07 Å². The van der Waals surface area contributed by atoms with Gasteiger partial charge in [0.25, 0.3) is 0 Å². The molecule has 0 fully saturated rings. The van der Waals surface area contributed by atoms with Gasteiger partial charge in [0.2, 0.25) is 6.79 Å². The van der Waals surface area contributed by atoms with Gasteiger partial charge in [-0.25, -0.2) is 4.98 Å². The van der Waals surface area contributed by atoms with E-state index in [1.165, 1.54) is 6.07 Å². The minimum atomic E-state index is -2.95. The summed E-state index contributed by atoms with van der Waals surface area (Å²) in [5.74, 6) is 1.33. The highest BCUT2D eigenvalue weighted by Crippen LogP contribution is 2.38. The monoisotopic (exact) mass is 398 g/mol. The molecule has 2 heterocycles. The van der Waals surface area contributed by atoms with Crippen molar-refractivity contribution in [3.05, 3.63) is 46.7 Å². The Hall–Kier alpha value is -2.81. The number of hydrogen-bond donors (Lipinski definition) is 2. The smallest absolute Gasteiger partial charge is 0.387 e. The molecule has 0 atom stereocenters. The van der Waals surface area contributed by atoms with Crippen LogP contribution in [0.1, 0.15) is 11.1 Å². The number of pyridine rings is 1. The molecular formula is C17H17ClF2N4O3. The van der Waals surface area contributed by atoms with Crippen LogP contribution in [0.4, 0.5) is 8.78 Å². The molecule has 1 aliphatic heterocycles. The van der Waals surface area contributed by atoms with E-state index < -0.39 is 6.61 Å². The van der Waals surface area contributed by atoms with E-state index in [-0.39, 0.29) is 19.1 Å². The Morgan fingerprint density at radius 2 is 2.00 bits per heavy atom. The van der Waals surface area contributed by atoms with Gasteiger partial charge in [-0.15, -0.1) is 0 Å². The fourth-order valence-electron chi connectivity index (χ4n) is 2.41. The molecule has 0 saturated heterocycles. The first kappa shape index (κ1) is 19.0. The van der Waals surface area contributed by atoms with Crippen molar-refractivity contribution in [3.8, 4) is 17.2 Å². The molecule has 1 aromatic carbocycles. The highest BCUT2D eigenvalue weighted by Gasteiger charge is 2.20. The molecule has 7 nitrogen and oxygen atoms in total. The second-order valence-electron chi connectivity index (χ2n) is 5.46. The molecular weight excluding hydrogens is 382 g/mol. The predicted octanol–water partition coefficient (Wildman–Crippen LogP) is 2.93. The number of alkyl halides is 2. The van der Waals surface area contributed by atoms with E-state index >= 15 is 0 Å². The zero-order valence-electron chi connectivity index (χ0n) is 14.3. The van der Waals surface area contributed by atoms with Gasteiger partial charge >= 0.3 is 6.61 Å². The third-order valence-corrected chi connectivity index (χ3v) is 3.91. The second-order valence-corrected chi connectivity index (χ2v) is 5.85. The number of nitrogens with zero attached hydrogens (tertiary/aromatic N) is 2. The zero-order chi connectivity index (χ0) is 19.2. The Bertz CT molecular complexity index is 819. The molecule has 2 N–H and O–H groups in total. The molecule has 0 saturated carbocycles. The lowest BCUT2D eigenvalue weighted by Gasteiger charge is -2.15. The molecule has 27 heavy (non-hydrogen) atoms. The highest BCUT2D eigenvalue weighted by molar-refractivity contribution is 6.29. The highest BCUT2D eigenvalue weighted by atomic mass is 35.5. The van der Waals surface area contributed by atoms with Crippen molar-refractivity contribution in [1.82, 2.24) is 15.6 Å². The quantitative estimate of drug-likeness (QED) is 0.442. The third-order valence-electron chi connectivity index (χ3n) is 3.69. The molecule has 2 aromatic rings. The standard InChI is InChI=1S/C17H17ClF2N4O3/c1-21-17(23-7-10-2-3-15(18)22-6-10)24-8-11-4-13-14(26-9-25-13)5-12(11)27-16(19)20/h2-6,16H,7-9H2,1H3,(H2,21,23,24). The summed E-state index contributed by atoms with van der Waals surface area (Å²) in [4.78, 5) is 8.10. The normalized spacial score (nSPS) is 13.0. The number of aromatic nitrogens is 1. The van der Waals surface area contributed by atoms with Crippen LogP contribution in [0.5, 0.6) is 17.2 Å². The Morgan fingerprint density at radius 1 is 1.26 bits per heavy atom. The van der Waals surface area contributed by atoms with Crippen LogP contribution in [-0.2, 0) is 13.1 Å². The maximum absolute atomic E-state index is 12.7. The maximum atomic E-state index is 12.7. The van der Waals surface area contributed by atoms with E-state index in [4.69, 9.17) is 21.1 Å². The summed E-state index contributed by atoms with van der Waals surface area (Å²) >= 11 is 5.76. The second kappa shape index (κ2) is 8.72. The van der Waals surface area contributed by atoms with Crippen molar-refractivity contribution < 1.29 is 23.0 Å². The fourth-order valence-corrected chi connectivity index (χ4v) is 2.52. The van der Waals surface area contributed by atoms with Crippen molar-refractivity contribution in [2.75, 3.05) is 13.8 Å². The van der Waals surface area contributed by atoms with Crippen LogP contribution in [0, 0.1) is 0 Å². The lowest BCUT2D eigenvalue weighted by Crippen LogP contribution is -2.36. The van der Waals surface area contributed by atoms with E-state index in [0.717, 1.165) is 5.56 Å². The van der Waals surface area contributed by atoms with Crippen molar-refractivity contribution in [3.63, 3.8) is 0 Å². The van der Waals surface area contributed by atoms with Crippen LogP contribution in [0.3, 0.4) is 0 Å². The summed E-state index contributed by atoms with van der Waals surface area (Å²) in [6.07, 6.45) is 1.65. The van der Waals surface area contributed by atoms with E-state index in [9.17, 15) is 8.78 Å². The Morgan fingerprint density at radius 3 is 2.67 bits per heavy atom. The molecule has 0 bridgehead atoms. The first-order valence-corrected chi connectivity index (χ1v) is 8.35. The molecule has 0 unspecified atom stereocenters. The van der Waals surface area contributed by atoms with Gasteiger partial charge in [0.15, 0.2) is 17.5 Å². The van der Waals surface area contributed by atoms with E-state index in [0.29, 0.717) is 34.7 Å². The van der Waals surface area contributed by atoms with Gasteiger partial charge in [-0.2, -0.15) is 8.78 Å². The minimum absolute atomic E-state index is 0.0131. The minimum Gasteiger partial charge on any atom is -0.454 e. The summed E-state index contributed by atoms with van der Waals surface area (Å²) in [5.41, 5.74) is 1.39. The van der Waals surface area contributed by atoms with Crippen molar-refractivity contribution in [1.29, 1.82) is 0 Å². The number of nitrogens with one attached hydrogen (secondary N) is 2. The number of guanidine groups is 1. The molecule has 3 rings (SSSR count). The van der Waals surface area contributed by atoms with Gasteiger partial charge in [-0.1, -0.05) is 17.7 Å². The maximum Gasteiger partial charge on any atom is 0.387 e. The summed E-state index contributed by atoms with van der Waals surface area (Å²) in [7, 11) is 1.60. The molecule has 1 aliphatic rings. The molecule has 10 heteroatoms. The van der Waals surface area contributed by atoms with Gasteiger partial charge < -0.3 is 24.8 Å². The van der Waals surface area contributed by atoms with Crippen molar-refractivity contribution >= 4 is 17.6 Å². The lowest BCUT2D eigenvalue weighted by atomic mass is 10.1. The average Bonchev–Trinajstić information content (AvgIpc) is 3.10. The van der Waals surface area contributed by atoms with Crippen LogP contribution < -0.4 is 24.8 Å². The van der Waals surface area contributed by atoms with Crippen LogP contribution >= 0.6 is 11.6 Å². The Balaban J connectivity index is 1.64. The number of fused-ring (bicyclic) bond motifs is 1. The third kappa shape index (κ3) is 5.10. The summed E-state index contributed by atoms with van der Waals surface area (Å²) in [6, 6.07) is 6.52. The van der Waals surface area contributed by atoms with E-state index in [2.05, 4.69) is 25.3 Å². The number of aliphatic imine (C=N–C) groups is 1. The van der Waals surface area contributed by atoms with Gasteiger partial charge in [-0.05, 0) is 17.7 Å². The van der Waals surface area contributed by atoms with Crippen LogP contribution in [0.2, 0.25) is 5.15 Å². The molecule has 1 aromatic heterocycles. The summed E-state index contributed by atoms with van der Waals surface area (Å²) in [5, 5.41) is 6.55. The topological polar surface area (TPSA) is 77.0 Å². The van der Waals surface area contributed by atoms with Crippen molar-refractivity contribution in [2.24, 2.45) is 4.99 Å². The summed E-state index contributed by atoms with van der Waals surface area (Å²) < 4.78 is 40.5. The van der Waals surface area contributed by atoms with Gasteiger partial charge in [0.1, 0.15) is 10.9 Å². The number of ether oxygens (including phenoxy) is 3. The lowest BCUT2D eigenvalue weighted by molar-refractivity contribution is -0.0505. The largest absolute Gasteiger partial charge is 0.454 e.